The normalized spacial score (nSPS) is 19.9. The molecular weight excluding hydrogens is 230 g/mol. The van der Waals surface area contributed by atoms with Gasteiger partial charge in [-0.3, -0.25) is 9.59 Å². The van der Waals surface area contributed by atoms with E-state index in [1.807, 2.05) is 0 Å². The molecule has 2 amide bonds. The molecule has 5 nitrogen and oxygen atoms in total. The topological polar surface area (TPSA) is 71.5 Å². The predicted octanol–water partition coefficient (Wildman–Crippen LogP) is 0.958. The SMILES string of the molecule is O=C1CCS(=O)(=O)C(=O)N1c1ccccc1. The van der Waals surface area contributed by atoms with Gasteiger partial charge in [-0.05, 0) is 12.1 Å². The van der Waals surface area contributed by atoms with Crippen molar-refractivity contribution in [2.24, 2.45) is 0 Å². The van der Waals surface area contributed by atoms with Crippen molar-refractivity contribution in [2.45, 2.75) is 6.42 Å². The van der Waals surface area contributed by atoms with Gasteiger partial charge in [0.1, 0.15) is 0 Å². The van der Waals surface area contributed by atoms with Crippen molar-refractivity contribution in [3.63, 3.8) is 0 Å². The molecular formula is C10H9NO4S. The number of benzene rings is 1. The second kappa shape index (κ2) is 3.71. The molecule has 0 bridgehead atoms. The molecule has 0 atom stereocenters. The number of nitrogens with zero attached hydrogens (tertiary/aromatic N) is 1. The summed E-state index contributed by atoms with van der Waals surface area (Å²) in [5, 5.41) is -1.13. The maximum absolute atomic E-state index is 11.6. The number of carbonyl (C=O) groups excluding carboxylic acids is 2. The van der Waals surface area contributed by atoms with E-state index in [-0.39, 0.29) is 6.42 Å². The number of hydrogen-bond donors (Lipinski definition) is 0. The van der Waals surface area contributed by atoms with Crippen LogP contribution in [-0.4, -0.2) is 25.3 Å². The zero-order valence-electron chi connectivity index (χ0n) is 8.29. The standard InChI is InChI=1S/C10H9NO4S/c12-9-6-7-16(14,15)10(13)11(9)8-4-2-1-3-5-8/h1-5H,6-7H2. The zero-order valence-corrected chi connectivity index (χ0v) is 9.11. The van der Waals surface area contributed by atoms with Crippen LogP contribution in [0.4, 0.5) is 10.5 Å². The van der Waals surface area contributed by atoms with Crippen molar-refractivity contribution < 1.29 is 18.0 Å². The van der Waals surface area contributed by atoms with E-state index in [9.17, 15) is 18.0 Å². The molecule has 1 heterocycles. The highest BCUT2D eigenvalue weighted by atomic mass is 32.2. The Labute approximate surface area is 92.6 Å². The van der Waals surface area contributed by atoms with Crippen molar-refractivity contribution in [3.8, 4) is 0 Å². The van der Waals surface area contributed by atoms with Crippen LogP contribution >= 0.6 is 0 Å². The fourth-order valence-electron chi connectivity index (χ4n) is 1.49. The van der Waals surface area contributed by atoms with E-state index in [1.165, 1.54) is 12.1 Å². The lowest BCUT2D eigenvalue weighted by atomic mass is 10.3. The molecule has 6 heteroatoms. The van der Waals surface area contributed by atoms with Crippen LogP contribution in [0.15, 0.2) is 30.3 Å². The van der Waals surface area contributed by atoms with Crippen LogP contribution in [0.3, 0.4) is 0 Å². The van der Waals surface area contributed by atoms with E-state index in [2.05, 4.69) is 0 Å². The van der Waals surface area contributed by atoms with E-state index in [0.717, 1.165) is 4.90 Å². The molecule has 0 radical (unpaired) electrons. The molecule has 16 heavy (non-hydrogen) atoms. The van der Waals surface area contributed by atoms with E-state index in [0.29, 0.717) is 5.69 Å². The molecule has 0 aromatic heterocycles. The Kier molecular flexibility index (Phi) is 2.51. The second-order valence-electron chi connectivity index (χ2n) is 3.40. The fourth-order valence-corrected chi connectivity index (χ4v) is 2.59. The van der Waals surface area contributed by atoms with E-state index in [4.69, 9.17) is 0 Å². The Hall–Kier alpha value is -1.69. The lowest BCUT2D eigenvalue weighted by Crippen LogP contribution is -2.46. The summed E-state index contributed by atoms with van der Waals surface area (Å²) < 4.78 is 22.7. The third-order valence-electron chi connectivity index (χ3n) is 2.30. The van der Waals surface area contributed by atoms with Gasteiger partial charge in [0.2, 0.25) is 15.7 Å². The van der Waals surface area contributed by atoms with Crippen molar-refractivity contribution in [2.75, 3.05) is 10.7 Å². The number of imide groups is 1. The van der Waals surface area contributed by atoms with Gasteiger partial charge >= 0.3 is 5.24 Å². The highest BCUT2D eigenvalue weighted by Crippen LogP contribution is 2.21. The lowest BCUT2D eigenvalue weighted by molar-refractivity contribution is -0.117. The van der Waals surface area contributed by atoms with Crippen molar-refractivity contribution in [3.05, 3.63) is 30.3 Å². The highest BCUT2D eigenvalue weighted by molar-refractivity contribution is 8.06. The maximum Gasteiger partial charge on any atom is 0.350 e. The molecule has 0 saturated carbocycles. The Balaban J connectivity index is 2.47. The number of carbonyl (C=O) groups is 2. The molecule has 0 spiro atoms. The quantitative estimate of drug-likeness (QED) is 0.731. The van der Waals surface area contributed by atoms with Crippen LogP contribution in [0.25, 0.3) is 0 Å². The third kappa shape index (κ3) is 1.71. The first-order valence-corrected chi connectivity index (χ1v) is 6.32. The number of sulfone groups is 1. The van der Waals surface area contributed by atoms with Gasteiger partial charge in [-0.25, -0.2) is 13.3 Å². The van der Waals surface area contributed by atoms with Crippen molar-refractivity contribution in [1.29, 1.82) is 0 Å². The monoisotopic (exact) mass is 239 g/mol. The Morgan fingerprint density at radius 2 is 1.69 bits per heavy atom. The summed E-state index contributed by atoms with van der Waals surface area (Å²) in [6.07, 6.45) is -0.150. The van der Waals surface area contributed by atoms with E-state index in [1.54, 1.807) is 18.2 Å². The van der Waals surface area contributed by atoms with Gasteiger partial charge in [-0.2, -0.15) is 0 Å². The second-order valence-corrected chi connectivity index (χ2v) is 5.39. The summed E-state index contributed by atoms with van der Waals surface area (Å²) in [7, 11) is -3.83. The number of anilines is 1. The Morgan fingerprint density at radius 3 is 2.31 bits per heavy atom. The molecule has 1 aromatic carbocycles. The van der Waals surface area contributed by atoms with Crippen LogP contribution in [0.1, 0.15) is 6.42 Å². The first kappa shape index (κ1) is 10.8. The molecule has 0 N–H and O–H groups in total. The van der Waals surface area contributed by atoms with Crippen LogP contribution in [0.2, 0.25) is 0 Å². The van der Waals surface area contributed by atoms with Gasteiger partial charge in [-0.1, -0.05) is 18.2 Å². The van der Waals surface area contributed by atoms with Gasteiger partial charge in [0.05, 0.1) is 11.4 Å². The predicted molar refractivity (Wildman–Crippen MR) is 57.7 cm³/mol. The van der Waals surface area contributed by atoms with Crippen LogP contribution < -0.4 is 4.90 Å². The minimum atomic E-state index is -3.83. The summed E-state index contributed by atoms with van der Waals surface area (Å²) >= 11 is 0. The maximum atomic E-state index is 11.6. The summed E-state index contributed by atoms with van der Waals surface area (Å²) in [4.78, 5) is 23.8. The van der Waals surface area contributed by atoms with Crippen molar-refractivity contribution in [1.82, 2.24) is 0 Å². The first-order valence-electron chi connectivity index (χ1n) is 4.67. The van der Waals surface area contributed by atoms with Gasteiger partial charge in [0, 0.05) is 6.42 Å². The smallest absolute Gasteiger partial charge is 0.274 e. The zero-order chi connectivity index (χ0) is 11.8. The number of para-hydroxylation sites is 1. The Morgan fingerprint density at radius 1 is 1.06 bits per heavy atom. The third-order valence-corrected chi connectivity index (χ3v) is 3.75. The molecule has 1 aromatic rings. The summed E-state index contributed by atoms with van der Waals surface area (Å²) in [6, 6.07) is 8.04. The average Bonchev–Trinajstić information content (AvgIpc) is 2.27. The first-order chi connectivity index (χ1) is 7.52. The van der Waals surface area contributed by atoms with Crippen molar-refractivity contribution >= 4 is 26.7 Å². The minimum Gasteiger partial charge on any atom is -0.274 e. The van der Waals surface area contributed by atoms with Gasteiger partial charge in [0.15, 0.2) is 0 Å². The van der Waals surface area contributed by atoms with E-state index < -0.39 is 26.7 Å². The lowest BCUT2D eigenvalue weighted by Gasteiger charge is -2.24. The summed E-state index contributed by atoms with van der Waals surface area (Å²) in [5.41, 5.74) is 0.292. The molecule has 1 saturated heterocycles. The summed E-state index contributed by atoms with van der Waals surface area (Å²) in [6.45, 7) is 0. The number of rotatable bonds is 1. The molecule has 0 aliphatic carbocycles. The highest BCUT2D eigenvalue weighted by Gasteiger charge is 2.38. The van der Waals surface area contributed by atoms with Gasteiger partial charge < -0.3 is 0 Å². The molecule has 2 rings (SSSR count). The molecule has 1 aliphatic heterocycles. The minimum absolute atomic E-state index is 0.150. The Bertz CT molecular complexity index is 535. The molecule has 84 valence electrons. The number of amides is 2. The molecule has 0 unspecified atom stereocenters. The average molecular weight is 239 g/mol. The summed E-state index contributed by atoms with van der Waals surface area (Å²) in [5.74, 6) is -0.875. The fraction of sp³-hybridized carbons (Fsp3) is 0.200. The largest absolute Gasteiger partial charge is 0.350 e. The van der Waals surface area contributed by atoms with Crippen LogP contribution in [0, 0.1) is 0 Å². The van der Waals surface area contributed by atoms with Gasteiger partial charge in [-0.15, -0.1) is 0 Å². The molecule has 1 fully saturated rings. The number of hydrogen-bond acceptors (Lipinski definition) is 4. The van der Waals surface area contributed by atoms with Gasteiger partial charge in [0.25, 0.3) is 0 Å². The van der Waals surface area contributed by atoms with Crippen LogP contribution in [-0.2, 0) is 14.6 Å². The van der Waals surface area contributed by atoms with Crippen LogP contribution in [0.5, 0.6) is 0 Å². The van der Waals surface area contributed by atoms with E-state index >= 15 is 0 Å². The molecule has 1 aliphatic rings.